The van der Waals surface area contributed by atoms with E-state index in [1.165, 1.54) is 17.3 Å². The molecule has 2 aromatic carbocycles. The van der Waals surface area contributed by atoms with E-state index in [2.05, 4.69) is 22.6 Å². The van der Waals surface area contributed by atoms with E-state index in [1.54, 1.807) is 17.0 Å². The summed E-state index contributed by atoms with van der Waals surface area (Å²) in [5, 5.41) is 9.61. The number of aryl methyl sites for hydroxylation is 2. The van der Waals surface area contributed by atoms with Gasteiger partial charge in [-0.15, -0.1) is 0 Å². The number of hydrogen-bond donors (Lipinski definition) is 1. The molecular weight excluding hydrogens is 453 g/mol. The fraction of sp³-hybridized carbons (Fsp3) is 0.111. The van der Waals surface area contributed by atoms with Gasteiger partial charge in [0.1, 0.15) is 5.75 Å². The largest absolute Gasteiger partial charge is 0.507 e. The van der Waals surface area contributed by atoms with Gasteiger partial charge in [0.25, 0.3) is 5.91 Å². The van der Waals surface area contributed by atoms with Crippen LogP contribution in [0.4, 0.5) is 5.69 Å². The molecule has 1 aliphatic rings. The van der Waals surface area contributed by atoms with Gasteiger partial charge in [-0.2, -0.15) is 0 Å². The molecule has 0 radical (unpaired) electrons. The van der Waals surface area contributed by atoms with Gasteiger partial charge >= 0.3 is 0 Å². The topological polar surface area (TPSA) is 40.5 Å². The molecule has 0 saturated carbocycles. The molecule has 1 aliphatic heterocycles. The summed E-state index contributed by atoms with van der Waals surface area (Å²) < 4.78 is 1.27. The molecule has 1 amide bonds. The van der Waals surface area contributed by atoms with Crippen molar-refractivity contribution in [2.24, 2.45) is 0 Å². The van der Waals surface area contributed by atoms with E-state index in [-0.39, 0.29) is 11.7 Å². The second kappa shape index (κ2) is 6.85. The van der Waals surface area contributed by atoms with Gasteiger partial charge in [0.2, 0.25) is 0 Å². The number of carbonyl (C=O) groups is 1. The second-order valence-electron chi connectivity index (χ2n) is 5.50. The highest BCUT2D eigenvalue weighted by molar-refractivity contribution is 14.1. The van der Waals surface area contributed by atoms with Crippen LogP contribution in [0.5, 0.6) is 5.75 Å². The predicted molar refractivity (Wildman–Crippen MR) is 112 cm³/mol. The number of phenols is 1. The maximum atomic E-state index is 12.8. The SMILES string of the molecule is Cc1ccc(N2C(=O)/C(=C/c3ccc(O)c(I)c3)SC2=S)cc1C. The van der Waals surface area contributed by atoms with Crippen LogP contribution in [0, 0.1) is 17.4 Å². The summed E-state index contributed by atoms with van der Waals surface area (Å²) in [5.41, 5.74) is 3.96. The lowest BCUT2D eigenvalue weighted by molar-refractivity contribution is -0.113. The van der Waals surface area contributed by atoms with E-state index >= 15 is 0 Å². The molecule has 3 nitrogen and oxygen atoms in total. The number of hydrogen-bond acceptors (Lipinski definition) is 4. The molecule has 24 heavy (non-hydrogen) atoms. The monoisotopic (exact) mass is 467 g/mol. The number of benzene rings is 2. The van der Waals surface area contributed by atoms with Crippen LogP contribution in [0.15, 0.2) is 41.3 Å². The third-order valence-electron chi connectivity index (χ3n) is 3.81. The van der Waals surface area contributed by atoms with Gasteiger partial charge in [-0.1, -0.05) is 36.1 Å². The Morgan fingerprint density at radius 1 is 1.17 bits per heavy atom. The normalized spacial score (nSPS) is 16.3. The molecule has 0 aromatic heterocycles. The minimum atomic E-state index is -0.115. The zero-order valence-corrected chi connectivity index (χ0v) is 16.8. The Labute approximate surface area is 163 Å². The summed E-state index contributed by atoms with van der Waals surface area (Å²) in [6, 6.07) is 11.1. The Kier molecular flexibility index (Phi) is 4.98. The Balaban J connectivity index is 1.94. The molecule has 1 heterocycles. The maximum Gasteiger partial charge on any atom is 0.270 e. The Morgan fingerprint density at radius 2 is 1.92 bits per heavy atom. The Morgan fingerprint density at radius 3 is 2.58 bits per heavy atom. The van der Waals surface area contributed by atoms with Crippen molar-refractivity contribution in [2.75, 3.05) is 4.90 Å². The smallest absolute Gasteiger partial charge is 0.270 e. The number of amides is 1. The van der Waals surface area contributed by atoms with Gasteiger partial charge in [0.15, 0.2) is 4.32 Å². The van der Waals surface area contributed by atoms with Crippen molar-refractivity contribution < 1.29 is 9.90 Å². The minimum absolute atomic E-state index is 0.115. The number of thioether (sulfide) groups is 1. The van der Waals surface area contributed by atoms with E-state index in [1.807, 2.05) is 44.2 Å². The average molecular weight is 467 g/mol. The van der Waals surface area contributed by atoms with Crippen LogP contribution in [0.3, 0.4) is 0 Å². The van der Waals surface area contributed by atoms with Gasteiger partial charge in [0.05, 0.1) is 14.2 Å². The van der Waals surface area contributed by atoms with Crippen LogP contribution in [0.2, 0.25) is 0 Å². The first-order valence-electron chi connectivity index (χ1n) is 7.20. The molecule has 6 heteroatoms. The molecule has 1 N–H and O–H groups in total. The predicted octanol–water partition coefficient (Wildman–Crippen LogP) is 5.02. The number of phenolic OH excluding ortho intramolecular Hbond substituents is 1. The zero-order valence-electron chi connectivity index (χ0n) is 13.0. The molecule has 0 aliphatic carbocycles. The lowest BCUT2D eigenvalue weighted by Gasteiger charge is -2.15. The first-order chi connectivity index (χ1) is 11.4. The van der Waals surface area contributed by atoms with Gasteiger partial charge in [-0.05, 0) is 83.5 Å². The van der Waals surface area contributed by atoms with Crippen molar-refractivity contribution in [3.05, 3.63) is 61.6 Å². The summed E-state index contributed by atoms with van der Waals surface area (Å²) in [7, 11) is 0. The van der Waals surface area contributed by atoms with Crippen LogP contribution in [-0.2, 0) is 4.79 Å². The number of carbonyl (C=O) groups excluding carboxylic acids is 1. The quantitative estimate of drug-likeness (QED) is 0.383. The maximum absolute atomic E-state index is 12.8. The summed E-state index contributed by atoms with van der Waals surface area (Å²) in [6.45, 7) is 4.06. The van der Waals surface area contributed by atoms with Crippen molar-refractivity contribution in [1.82, 2.24) is 0 Å². The van der Waals surface area contributed by atoms with Crippen LogP contribution in [-0.4, -0.2) is 15.3 Å². The van der Waals surface area contributed by atoms with Gasteiger partial charge in [-0.25, -0.2) is 0 Å². The zero-order chi connectivity index (χ0) is 17.4. The van der Waals surface area contributed by atoms with Crippen LogP contribution >= 0.6 is 46.6 Å². The average Bonchev–Trinajstić information content (AvgIpc) is 2.80. The van der Waals surface area contributed by atoms with Crippen molar-refractivity contribution in [3.8, 4) is 5.75 Å². The highest BCUT2D eigenvalue weighted by atomic mass is 127. The molecule has 2 aromatic rings. The number of nitrogens with zero attached hydrogens (tertiary/aromatic N) is 1. The molecule has 0 unspecified atom stereocenters. The number of aromatic hydroxyl groups is 1. The van der Waals surface area contributed by atoms with Gasteiger partial charge in [-0.3, -0.25) is 9.69 Å². The first-order valence-corrected chi connectivity index (χ1v) is 9.51. The Hall–Kier alpha value is -1.38. The molecule has 0 spiro atoms. The fourth-order valence-corrected chi connectivity index (χ4v) is 4.16. The van der Waals surface area contributed by atoms with Gasteiger partial charge < -0.3 is 5.11 Å². The molecule has 1 saturated heterocycles. The molecule has 3 rings (SSSR count). The van der Waals surface area contributed by atoms with E-state index in [9.17, 15) is 9.90 Å². The van der Waals surface area contributed by atoms with E-state index in [0.717, 1.165) is 20.4 Å². The fourth-order valence-electron chi connectivity index (χ4n) is 2.32. The molecule has 1 fully saturated rings. The van der Waals surface area contributed by atoms with Gasteiger partial charge in [0, 0.05) is 0 Å². The molecule has 0 bridgehead atoms. The lowest BCUT2D eigenvalue weighted by atomic mass is 10.1. The third-order valence-corrected chi connectivity index (χ3v) is 5.98. The lowest BCUT2D eigenvalue weighted by Crippen LogP contribution is -2.27. The highest BCUT2D eigenvalue weighted by Gasteiger charge is 2.33. The van der Waals surface area contributed by atoms with Crippen molar-refractivity contribution >= 4 is 68.6 Å². The third kappa shape index (κ3) is 3.36. The minimum Gasteiger partial charge on any atom is -0.507 e. The van der Waals surface area contributed by atoms with E-state index in [0.29, 0.717) is 9.23 Å². The standard InChI is InChI=1S/C18H14INO2S2/c1-10-3-5-13(7-11(10)2)20-17(22)16(24-18(20)23)9-12-4-6-15(21)14(19)8-12/h3-9,21H,1-2H3/b16-9-. The van der Waals surface area contributed by atoms with Crippen molar-refractivity contribution in [2.45, 2.75) is 13.8 Å². The summed E-state index contributed by atoms with van der Waals surface area (Å²) >= 11 is 8.76. The number of rotatable bonds is 2. The molecule has 122 valence electrons. The number of thiocarbonyl (C=S) groups is 1. The van der Waals surface area contributed by atoms with Crippen LogP contribution in [0.25, 0.3) is 6.08 Å². The summed E-state index contributed by atoms with van der Waals surface area (Å²) in [6.07, 6.45) is 1.81. The van der Waals surface area contributed by atoms with Crippen LogP contribution < -0.4 is 4.90 Å². The van der Waals surface area contributed by atoms with E-state index in [4.69, 9.17) is 12.2 Å². The molecule has 0 atom stereocenters. The number of anilines is 1. The first kappa shape index (κ1) is 17.4. The van der Waals surface area contributed by atoms with Crippen LogP contribution in [0.1, 0.15) is 16.7 Å². The number of halogens is 1. The van der Waals surface area contributed by atoms with E-state index < -0.39 is 0 Å². The summed E-state index contributed by atoms with van der Waals surface area (Å²) in [4.78, 5) is 14.9. The Bertz CT molecular complexity index is 893. The molecular formula is C18H14INO2S2. The summed E-state index contributed by atoms with van der Waals surface area (Å²) in [5.74, 6) is 0.117. The second-order valence-corrected chi connectivity index (χ2v) is 8.33. The highest BCUT2D eigenvalue weighted by Crippen LogP contribution is 2.37. The van der Waals surface area contributed by atoms with Crippen molar-refractivity contribution in [3.63, 3.8) is 0 Å². The van der Waals surface area contributed by atoms with Crippen molar-refractivity contribution in [1.29, 1.82) is 0 Å².